The van der Waals surface area contributed by atoms with E-state index in [-0.39, 0.29) is 0 Å². The van der Waals surface area contributed by atoms with E-state index in [0.717, 1.165) is 25.2 Å². The molecule has 0 saturated carbocycles. The molecule has 0 spiro atoms. The van der Waals surface area contributed by atoms with Gasteiger partial charge in [-0.05, 0) is 19.3 Å². The highest BCUT2D eigenvalue weighted by molar-refractivity contribution is 4.98. The van der Waals surface area contributed by atoms with Gasteiger partial charge >= 0.3 is 0 Å². The highest BCUT2D eigenvalue weighted by Crippen LogP contribution is 2.24. The third-order valence-corrected chi connectivity index (χ3v) is 5.24. The second-order valence-electron chi connectivity index (χ2n) is 7.68. The molecular formula is C25H46. The fourth-order valence-electron chi connectivity index (χ4n) is 3.60. The van der Waals surface area contributed by atoms with Crippen molar-refractivity contribution in [2.24, 2.45) is 5.92 Å². The van der Waals surface area contributed by atoms with Gasteiger partial charge in [-0.2, -0.15) is 0 Å². The van der Waals surface area contributed by atoms with Gasteiger partial charge in [-0.3, -0.25) is 0 Å². The van der Waals surface area contributed by atoms with E-state index in [9.17, 15) is 0 Å². The maximum Gasteiger partial charge on any atom is 0.00890 e. The molecule has 0 heterocycles. The molecule has 1 unspecified atom stereocenters. The fraction of sp³-hybridized carbons (Fsp3) is 0.840. The molecule has 0 N–H and O–H groups in total. The topological polar surface area (TPSA) is 0 Å². The molecule has 146 valence electrons. The number of rotatable bonds is 18. The van der Waals surface area contributed by atoms with Gasteiger partial charge in [0.15, 0.2) is 0 Å². The van der Waals surface area contributed by atoms with Crippen LogP contribution in [0.2, 0.25) is 0 Å². The molecule has 0 saturated heterocycles. The third kappa shape index (κ3) is 19.7. The van der Waals surface area contributed by atoms with Crippen LogP contribution in [-0.2, 0) is 0 Å². The van der Waals surface area contributed by atoms with Crippen LogP contribution in [0.1, 0.15) is 129 Å². The number of hydrogen-bond donors (Lipinski definition) is 0. The van der Waals surface area contributed by atoms with Crippen LogP contribution in [-0.4, -0.2) is 0 Å². The zero-order chi connectivity index (χ0) is 18.4. The lowest BCUT2D eigenvalue weighted by Gasteiger charge is -2.16. The van der Waals surface area contributed by atoms with Crippen molar-refractivity contribution in [3.05, 3.63) is 13.8 Å². The number of hydrogen-bond acceptors (Lipinski definition) is 0. The van der Waals surface area contributed by atoms with E-state index in [0.29, 0.717) is 0 Å². The Morgan fingerprint density at radius 1 is 0.600 bits per heavy atom. The average molecular weight is 347 g/mol. The second-order valence-corrected chi connectivity index (χ2v) is 7.68. The molecule has 0 fully saturated rings. The minimum Gasteiger partial charge on any atom is -0.103 e. The van der Waals surface area contributed by atoms with Gasteiger partial charge in [0, 0.05) is 12.8 Å². The summed E-state index contributed by atoms with van der Waals surface area (Å²) >= 11 is 0. The standard InChI is InChI=1S/C25H46/c1-4-7-10-12-14-15-17-19-21-24-25(22-9-6-3)23-20-18-16-13-11-8-5-2/h25H,1-2,4-6,8-9,11-24H2,3H3. The van der Waals surface area contributed by atoms with E-state index in [1.165, 1.54) is 103 Å². The van der Waals surface area contributed by atoms with Gasteiger partial charge in [0.25, 0.3) is 0 Å². The second kappa shape index (κ2) is 21.6. The smallest absolute Gasteiger partial charge is 0.00890 e. The van der Waals surface area contributed by atoms with E-state index in [4.69, 9.17) is 0 Å². The minimum atomic E-state index is 0.759. The van der Waals surface area contributed by atoms with Gasteiger partial charge in [-0.25, -0.2) is 0 Å². The SMILES string of the molecule is [CH2]CC#CCCCCCCCC(CCCC)CCCCCCCC[CH2]. The quantitative estimate of drug-likeness (QED) is 0.172. The summed E-state index contributed by atoms with van der Waals surface area (Å²) in [6.45, 7) is 10.0. The Balaban J connectivity index is 3.60. The Hall–Kier alpha value is -0.440. The molecular weight excluding hydrogens is 300 g/mol. The molecule has 0 aliphatic rings. The molecule has 2 radical (unpaired) electrons. The van der Waals surface area contributed by atoms with Crippen molar-refractivity contribution in [2.45, 2.75) is 129 Å². The van der Waals surface area contributed by atoms with Gasteiger partial charge < -0.3 is 0 Å². The predicted molar refractivity (Wildman–Crippen MR) is 115 cm³/mol. The first-order chi connectivity index (χ1) is 12.3. The van der Waals surface area contributed by atoms with Crippen molar-refractivity contribution in [1.82, 2.24) is 0 Å². The zero-order valence-corrected chi connectivity index (χ0v) is 17.4. The van der Waals surface area contributed by atoms with Gasteiger partial charge in [0.05, 0.1) is 0 Å². The molecule has 0 rings (SSSR count). The van der Waals surface area contributed by atoms with Crippen molar-refractivity contribution in [2.75, 3.05) is 0 Å². The van der Waals surface area contributed by atoms with Crippen molar-refractivity contribution in [3.63, 3.8) is 0 Å². The molecule has 0 aliphatic heterocycles. The Morgan fingerprint density at radius 3 is 1.68 bits per heavy atom. The van der Waals surface area contributed by atoms with E-state index in [2.05, 4.69) is 32.6 Å². The zero-order valence-electron chi connectivity index (χ0n) is 17.4. The lowest BCUT2D eigenvalue weighted by molar-refractivity contribution is 0.371. The van der Waals surface area contributed by atoms with Crippen molar-refractivity contribution < 1.29 is 0 Å². The molecule has 1 atom stereocenters. The molecule has 25 heavy (non-hydrogen) atoms. The lowest BCUT2D eigenvalue weighted by atomic mass is 9.90. The largest absolute Gasteiger partial charge is 0.103 e. The number of unbranched alkanes of at least 4 members (excludes halogenated alkanes) is 12. The molecule has 0 aliphatic carbocycles. The Morgan fingerprint density at radius 2 is 1.12 bits per heavy atom. The summed E-state index contributed by atoms with van der Waals surface area (Å²) < 4.78 is 0. The van der Waals surface area contributed by atoms with Crippen molar-refractivity contribution in [1.29, 1.82) is 0 Å². The van der Waals surface area contributed by atoms with Crippen LogP contribution in [0.4, 0.5) is 0 Å². The van der Waals surface area contributed by atoms with Crippen LogP contribution in [0.15, 0.2) is 0 Å². The Labute approximate surface area is 160 Å². The molecule has 0 heteroatoms. The normalized spacial score (nSPS) is 12.0. The van der Waals surface area contributed by atoms with Crippen LogP contribution in [0.3, 0.4) is 0 Å². The first kappa shape index (κ1) is 24.6. The summed E-state index contributed by atoms with van der Waals surface area (Å²) in [5, 5.41) is 0. The average Bonchev–Trinajstić information content (AvgIpc) is 2.63. The summed E-state index contributed by atoms with van der Waals surface area (Å²) in [6, 6.07) is 0. The van der Waals surface area contributed by atoms with Crippen LogP contribution in [0.25, 0.3) is 0 Å². The van der Waals surface area contributed by atoms with Crippen LogP contribution in [0.5, 0.6) is 0 Å². The third-order valence-electron chi connectivity index (χ3n) is 5.24. The fourth-order valence-corrected chi connectivity index (χ4v) is 3.60. The molecule has 0 aromatic rings. The summed E-state index contributed by atoms with van der Waals surface area (Å²) in [7, 11) is 0. The maximum absolute atomic E-state index is 3.93. The molecule has 0 aromatic heterocycles. The van der Waals surface area contributed by atoms with E-state index in [1.54, 1.807) is 0 Å². The highest BCUT2D eigenvalue weighted by Gasteiger charge is 2.08. The van der Waals surface area contributed by atoms with Crippen LogP contribution < -0.4 is 0 Å². The summed E-state index contributed by atoms with van der Waals surface area (Å²) in [5.74, 6) is 7.26. The van der Waals surface area contributed by atoms with Crippen molar-refractivity contribution in [3.8, 4) is 11.8 Å². The van der Waals surface area contributed by atoms with E-state index >= 15 is 0 Å². The van der Waals surface area contributed by atoms with Gasteiger partial charge in [-0.1, -0.05) is 117 Å². The van der Waals surface area contributed by atoms with Crippen LogP contribution >= 0.6 is 0 Å². The van der Waals surface area contributed by atoms with Crippen LogP contribution in [0, 0.1) is 31.6 Å². The van der Waals surface area contributed by atoms with Crippen molar-refractivity contribution >= 4 is 0 Å². The molecule has 0 aromatic carbocycles. The molecule has 0 amide bonds. The molecule has 0 nitrogen and oxygen atoms in total. The van der Waals surface area contributed by atoms with Gasteiger partial charge in [0.1, 0.15) is 0 Å². The minimum absolute atomic E-state index is 0.759. The summed E-state index contributed by atoms with van der Waals surface area (Å²) in [5.41, 5.74) is 0. The maximum atomic E-state index is 3.93. The van der Waals surface area contributed by atoms with E-state index < -0.39 is 0 Å². The first-order valence-electron chi connectivity index (χ1n) is 11.4. The lowest BCUT2D eigenvalue weighted by Crippen LogP contribution is -2.01. The predicted octanol–water partition coefficient (Wildman–Crippen LogP) is 8.71. The first-order valence-corrected chi connectivity index (χ1v) is 11.4. The van der Waals surface area contributed by atoms with Gasteiger partial charge in [-0.15, -0.1) is 11.8 Å². The summed E-state index contributed by atoms with van der Waals surface area (Å²) in [4.78, 5) is 0. The summed E-state index contributed by atoms with van der Waals surface area (Å²) in [6.07, 6.45) is 25.6. The van der Waals surface area contributed by atoms with E-state index in [1.807, 2.05) is 0 Å². The monoisotopic (exact) mass is 346 g/mol. The van der Waals surface area contributed by atoms with Gasteiger partial charge in [0.2, 0.25) is 0 Å². The Kier molecular flexibility index (Phi) is 21.2. The Bertz CT molecular complexity index is 293. The highest BCUT2D eigenvalue weighted by atomic mass is 14.1. The molecule has 0 bridgehead atoms.